The number of rotatable bonds is 7. The normalized spacial score (nSPS) is 17.5. The number of urea groups is 1. The lowest BCUT2D eigenvalue weighted by Crippen LogP contribution is -2.42. The van der Waals surface area contributed by atoms with Crippen molar-refractivity contribution in [3.05, 3.63) is 54.4 Å². The second kappa shape index (κ2) is 11.3. The summed E-state index contributed by atoms with van der Waals surface area (Å²) in [6, 6.07) is 11.6. The minimum absolute atomic E-state index is 0.0256. The summed E-state index contributed by atoms with van der Waals surface area (Å²) in [6.45, 7) is 2.24. The van der Waals surface area contributed by atoms with Crippen molar-refractivity contribution in [2.24, 2.45) is 11.8 Å². The molecule has 1 aromatic heterocycles. The lowest BCUT2D eigenvalue weighted by atomic mass is 9.87. The van der Waals surface area contributed by atoms with E-state index in [2.05, 4.69) is 34.4 Å². The highest BCUT2D eigenvalue weighted by molar-refractivity contribution is 5.98. The van der Waals surface area contributed by atoms with E-state index in [1.165, 1.54) is 44.2 Å². The second-order valence-corrected chi connectivity index (χ2v) is 9.56. The Kier molecular flexibility index (Phi) is 7.97. The molecule has 2 heterocycles. The fourth-order valence-corrected chi connectivity index (χ4v) is 5.08. The topological polar surface area (TPSA) is 65.5 Å². The molecular formula is C27H36N4O2. The standard InChI is InChI=1S/C27H36N4O2/c1-30(17-13-21-6-3-2-4-7-21)25-11-9-22(10-12-25)26(32)23-14-18-31(19-15-23)27(33)29-24-8-5-16-28-20-24/h5,8-12,16,20-21,23H,2-4,6-7,13-15,17-19H2,1H3,(H,29,33). The number of amides is 2. The van der Waals surface area contributed by atoms with Crippen LogP contribution in [0, 0.1) is 11.8 Å². The number of benzene rings is 1. The highest BCUT2D eigenvalue weighted by atomic mass is 16.2. The minimum atomic E-state index is -0.130. The maximum atomic E-state index is 13.0. The van der Waals surface area contributed by atoms with Crippen LogP contribution in [0.4, 0.5) is 16.2 Å². The summed E-state index contributed by atoms with van der Waals surface area (Å²) < 4.78 is 0. The van der Waals surface area contributed by atoms with Crippen LogP contribution in [0.2, 0.25) is 0 Å². The Balaban J connectivity index is 1.24. The van der Waals surface area contributed by atoms with Gasteiger partial charge in [-0.15, -0.1) is 0 Å². The van der Waals surface area contributed by atoms with E-state index in [1.807, 2.05) is 18.2 Å². The summed E-state index contributed by atoms with van der Waals surface area (Å²) in [5, 5.41) is 2.87. The van der Waals surface area contributed by atoms with Gasteiger partial charge in [-0.05, 0) is 61.6 Å². The van der Waals surface area contributed by atoms with Crippen LogP contribution in [-0.2, 0) is 0 Å². The number of likely N-dealkylation sites (tertiary alicyclic amines) is 1. The summed E-state index contributed by atoms with van der Waals surface area (Å²) in [6.07, 6.45) is 12.9. The van der Waals surface area contributed by atoms with E-state index in [0.717, 1.165) is 18.0 Å². The fraction of sp³-hybridized carbons (Fsp3) is 0.519. The van der Waals surface area contributed by atoms with Crippen molar-refractivity contribution in [3.8, 4) is 0 Å². The van der Waals surface area contributed by atoms with E-state index >= 15 is 0 Å². The lowest BCUT2D eigenvalue weighted by Gasteiger charge is -2.31. The van der Waals surface area contributed by atoms with E-state index < -0.39 is 0 Å². The van der Waals surface area contributed by atoms with Gasteiger partial charge < -0.3 is 15.1 Å². The van der Waals surface area contributed by atoms with Crippen molar-refractivity contribution >= 4 is 23.2 Å². The molecule has 0 radical (unpaired) electrons. The molecule has 0 unspecified atom stereocenters. The van der Waals surface area contributed by atoms with Gasteiger partial charge in [0.2, 0.25) is 0 Å². The Morgan fingerprint density at radius 2 is 1.76 bits per heavy atom. The summed E-state index contributed by atoms with van der Waals surface area (Å²) in [5.74, 6) is 1.04. The molecule has 1 saturated heterocycles. The van der Waals surface area contributed by atoms with E-state index in [1.54, 1.807) is 23.4 Å². The molecule has 1 N–H and O–H groups in total. The number of aromatic nitrogens is 1. The van der Waals surface area contributed by atoms with Gasteiger partial charge in [0, 0.05) is 50.0 Å². The zero-order valence-electron chi connectivity index (χ0n) is 19.7. The van der Waals surface area contributed by atoms with Crippen molar-refractivity contribution in [2.75, 3.05) is 36.9 Å². The minimum Gasteiger partial charge on any atom is -0.375 e. The third-order valence-electron chi connectivity index (χ3n) is 7.26. The monoisotopic (exact) mass is 448 g/mol. The van der Waals surface area contributed by atoms with E-state index in [9.17, 15) is 9.59 Å². The largest absolute Gasteiger partial charge is 0.375 e. The average Bonchev–Trinajstić information content (AvgIpc) is 2.88. The molecule has 1 aliphatic heterocycles. The molecule has 4 rings (SSSR count). The van der Waals surface area contributed by atoms with Gasteiger partial charge in [-0.2, -0.15) is 0 Å². The maximum absolute atomic E-state index is 13.0. The molecule has 0 atom stereocenters. The summed E-state index contributed by atoms with van der Waals surface area (Å²) in [5.41, 5.74) is 2.63. The smallest absolute Gasteiger partial charge is 0.321 e. The molecule has 6 heteroatoms. The first kappa shape index (κ1) is 23.3. The summed E-state index contributed by atoms with van der Waals surface area (Å²) >= 11 is 0. The SMILES string of the molecule is CN(CCC1CCCCC1)c1ccc(C(=O)C2CCN(C(=O)Nc3cccnc3)CC2)cc1. The van der Waals surface area contributed by atoms with Crippen LogP contribution < -0.4 is 10.2 Å². The molecule has 1 aliphatic carbocycles. The summed E-state index contributed by atoms with van der Waals surface area (Å²) in [4.78, 5) is 33.6. The summed E-state index contributed by atoms with van der Waals surface area (Å²) in [7, 11) is 2.14. The first-order valence-electron chi connectivity index (χ1n) is 12.4. The Labute approximate surface area is 197 Å². The van der Waals surface area contributed by atoms with Gasteiger partial charge in [0.05, 0.1) is 11.9 Å². The Bertz CT molecular complexity index is 901. The third-order valence-corrected chi connectivity index (χ3v) is 7.26. The molecule has 6 nitrogen and oxygen atoms in total. The van der Waals surface area contributed by atoms with Crippen molar-refractivity contribution in [1.82, 2.24) is 9.88 Å². The van der Waals surface area contributed by atoms with Crippen molar-refractivity contribution in [1.29, 1.82) is 0 Å². The highest BCUT2D eigenvalue weighted by Gasteiger charge is 2.28. The van der Waals surface area contributed by atoms with Crippen LogP contribution in [0.3, 0.4) is 0 Å². The molecule has 0 bridgehead atoms. The Hall–Kier alpha value is -2.89. The quantitative estimate of drug-likeness (QED) is 0.559. The van der Waals surface area contributed by atoms with Crippen LogP contribution in [0.5, 0.6) is 0 Å². The molecule has 2 aliphatic rings. The van der Waals surface area contributed by atoms with Crippen molar-refractivity contribution < 1.29 is 9.59 Å². The number of ketones is 1. The van der Waals surface area contributed by atoms with Gasteiger partial charge in [0.25, 0.3) is 0 Å². The third kappa shape index (κ3) is 6.34. The number of anilines is 2. The lowest BCUT2D eigenvalue weighted by molar-refractivity contribution is 0.0859. The molecule has 33 heavy (non-hydrogen) atoms. The molecule has 1 aromatic carbocycles. The number of carbonyl (C=O) groups is 2. The molecule has 2 aromatic rings. The second-order valence-electron chi connectivity index (χ2n) is 9.56. The van der Waals surface area contributed by atoms with Crippen molar-refractivity contribution in [2.45, 2.75) is 51.4 Å². The Morgan fingerprint density at radius 3 is 2.42 bits per heavy atom. The predicted octanol–water partition coefficient (Wildman–Crippen LogP) is 5.62. The molecule has 2 fully saturated rings. The number of nitrogens with one attached hydrogen (secondary N) is 1. The average molecular weight is 449 g/mol. The fourth-order valence-electron chi connectivity index (χ4n) is 5.08. The number of carbonyl (C=O) groups excluding carboxylic acids is 2. The number of hydrogen-bond acceptors (Lipinski definition) is 4. The van der Waals surface area contributed by atoms with Gasteiger partial charge in [0.1, 0.15) is 0 Å². The van der Waals surface area contributed by atoms with Gasteiger partial charge in [-0.25, -0.2) is 4.79 Å². The zero-order valence-corrected chi connectivity index (χ0v) is 19.7. The molecule has 176 valence electrons. The molecule has 0 spiro atoms. The maximum Gasteiger partial charge on any atom is 0.321 e. The van der Waals surface area contributed by atoms with Crippen LogP contribution in [0.25, 0.3) is 0 Å². The number of nitrogens with zero attached hydrogens (tertiary/aromatic N) is 3. The highest BCUT2D eigenvalue weighted by Crippen LogP contribution is 2.28. The van der Waals surface area contributed by atoms with Gasteiger partial charge in [-0.1, -0.05) is 32.1 Å². The van der Waals surface area contributed by atoms with E-state index in [-0.39, 0.29) is 17.7 Å². The van der Waals surface area contributed by atoms with Gasteiger partial charge >= 0.3 is 6.03 Å². The molecule has 2 amide bonds. The molecule has 1 saturated carbocycles. The zero-order chi connectivity index (χ0) is 23.0. The number of piperidine rings is 1. The van der Waals surface area contributed by atoms with E-state index in [0.29, 0.717) is 31.6 Å². The molecular weight excluding hydrogens is 412 g/mol. The first-order valence-corrected chi connectivity index (χ1v) is 12.4. The first-order chi connectivity index (χ1) is 16.1. The van der Waals surface area contributed by atoms with Crippen LogP contribution in [-0.4, -0.2) is 48.4 Å². The van der Waals surface area contributed by atoms with Gasteiger partial charge in [-0.3, -0.25) is 9.78 Å². The predicted molar refractivity (Wildman–Crippen MR) is 133 cm³/mol. The number of pyridine rings is 1. The number of hydrogen-bond donors (Lipinski definition) is 1. The van der Waals surface area contributed by atoms with Crippen molar-refractivity contribution in [3.63, 3.8) is 0 Å². The Morgan fingerprint density at radius 1 is 1.03 bits per heavy atom. The van der Waals surface area contributed by atoms with Crippen LogP contribution >= 0.6 is 0 Å². The van der Waals surface area contributed by atoms with Gasteiger partial charge in [0.15, 0.2) is 5.78 Å². The van der Waals surface area contributed by atoms with Crippen LogP contribution in [0.15, 0.2) is 48.8 Å². The van der Waals surface area contributed by atoms with Crippen LogP contribution in [0.1, 0.15) is 61.7 Å². The number of Topliss-reactive ketones (excluding diaryl/α,β-unsaturated/α-hetero) is 1. The van der Waals surface area contributed by atoms with E-state index in [4.69, 9.17) is 0 Å².